The number of nitrogens with zero attached hydrogens (tertiary/aromatic N) is 2. The van der Waals surface area contributed by atoms with Gasteiger partial charge in [-0.2, -0.15) is 0 Å². The minimum atomic E-state index is 0.865. The quantitative estimate of drug-likeness (QED) is 0.153. The number of para-hydroxylation sites is 4. The molecule has 0 radical (unpaired) electrons. The van der Waals surface area contributed by atoms with Crippen molar-refractivity contribution in [2.45, 2.75) is 0 Å². The molecule has 0 aliphatic rings. The molecule has 10 aromatic carbocycles. The van der Waals surface area contributed by atoms with E-state index in [2.05, 4.69) is 216 Å². The van der Waals surface area contributed by atoms with Gasteiger partial charge in [0.1, 0.15) is 22.3 Å². The van der Waals surface area contributed by atoms with E-state index in [1.54, 1.807) is 0 Å². The molecule has 2 heterocycles. The molecule has 2 aromatic heterocycles. The van der Waals surface area contributed by atoms with Crippen molar-refractivity contribution < 1.29 is 8.83 Å². The summed E-state index contributed by atoms with van der Waals surface area (Å²) < 4.78 is 12.7. The van der Waals surface area contributed by atoms with E-state index < -0.39 is 0 Å². The highest BCUT2D eigenvalue weighted by Gasteiger charge is 2.20. The normalized spacial score (nSPS) is 11.5. The molecular weight excluding hydrogens is 757 g/mol. The zero-order valence-electron chi connectivity index (χ0n) is 33.7. The number of hydrogen-bond donors (Lipinski definition) is 0. The molecule has 0 atom stereocenters. The van der Waals surface area contributed by atoms with E-state index >= 15 is 0 Å². The third kappa shape index (κ3) is 6.08. The van der Waals surface area contributed by atoms with Crippen LogP contribution in [0.1, 0.15) is 0 Å². The average molecular weight is 795 g/mol. The number of furan rings is 2. The Morgan fingerprint density at radius 3 is 1.37 bits per heavy atom. The monoisotopic (exact) mass is 794 g/mol. The van der Waals surface area contributed by atoms with Gasteiger partial charge in [-0.3, -0.25) is 0 Å². The maximum atomic E-state index is 6.50. The Morgan fingerprint density at radius 1 is 0.258 bits per heavy atom. The zero-order chi connectivity index (χ0) is 41.0. The van der Waals surface area contributed by atoms with Gasteiger partial charge in [0.2, 0.25) is 0 Å². The van der Waals surface area contributed by atoms with Gasteiger partial charge in [-0.1, -0.05) is 133 Å². The van der Waals surface area contributed by atoms with Gasteiger partial charge in [0.05, 0.1) is 5.69 Å². The van der Waals surface area contributed by atoms with Crippen molar-refractivity contribution in [3.05, 3.63) is 231 Å². The van der Waals surface area contributed by atoms with Crippen molar-refractivity contribution in [1.29, 1.82) is 0 Å². The molecule has 12 aromatic rings. The molecule has 4 nitrogen and oxygen atoms in total. The summed E-state index contributed by atoms with van der Waals surface area (Å²) in [6.45, 7) is 0. The number of fused-ring (bicyclic) bond motifs is 7. The SMILES string of the molecule is c1ccc(N(c2ccc(-c3cc4c(cc3-c3ccc(N(c5ccccc5)c5cccc6ccccc56)cc3)oc3ccccc34)cc2)c2ccc3oc4ccccc4c3c2)cc1. The molecule has 0 N–H and O–H groups in total. The minimum absolute atomic E-state index is 0.865. The van der Waals surface area contributed by atoms with E-state index in [1.165, 1.54) is 10.8 Å². The van der Waals surface area contributed by atoms with Crippen LogP contribution < -0.4 is 9.80 Å². The first-order valence-corrected chi connectivity index (χ1v) is 21.0. The van der Waals surface area contributed by atoms with Crippen LogP contribution in [0.4, 0.5) is 34.1 Å². The van der Waals surface area contributed by atoms with E-state index in [9.17, 15) is 0 Å². The standard InChI is InChI=1S/C58H38N2O2/c1-3-16-42(17-4-1)59(46-34-35-57-52(36-46)48-21-9-11-24-55(48)61-57)44-30-26-40(27-31-44)50-37-53-49-22-10-12-25-56(49)62-58(53)38-51(50)41-28-32-45(33-29-41)60(43-18-5-2-6-19-43)54-23-13-15-39-14-7-8-20-47(39)54/h1-38H. The van der Waals surface area contributed by atoms with Crippen molar-refractivity contribution in [3.63, 3.8) is 0 Å². The summed E-state index contributed by atoms with van der Waals surface area (Å²) in [5.41, 5.74) is 14.5. The van der Waals surface area contributed by atoms with E-state index in [4.69, 9.17) is 8.83 Å². The van der Waals surface area contributed by atoms with Crippen LogP contribution in [0.5, 0.6) is 0 Å². The summed E-state index contributed by atoms with van der Waals surface area (Å²) in [5, 5.41) is 6.81. The highest BCUT2D eigenvalue weighted by Crippen LogP contribution is 2.44. The maximum absolute atomic E-state index is 6.50. The second kappa shape index (κ2) is 14.7. The summed E-state index contributed by atoms with van der Waals surface area (Å²) in [4.78, 5) is 4.66. The molecule has 4 heteroatoms. The first-order chi connectivity index (χ1) is 30.7. The second-order valence-electron chi connectivity index (χ2n) is 15.7. The summed E-state index contributed by atoms with van der Waals surface area (Å²) >= 11 is 0. The number of hydrogen-bond acceptors (Lipinski definition) is 4. The van der Waals surface area contributed by atoms with Crippen LogP contribution in [-0.2, 0) is 0 Å². The Hall–Kier alpha value is -8.34. The Kier molecular flexibility index (Phi) is 8.46. The van der Waals surface area contributed by atoms with Gasteiger partial charge < -0.3 is 18.6 Å². The van der Waals surface area contributed by atoms with Crippen LogP contribution in [0, 0.1) is 0 Å². The predicted octanol–water partition coefficient (Wildman–Crippen LogP) is 16.9. The van der Waals surface area contributed by atoms with Crippen LogP contribution in [0.3, 0.4) is 0 Å². The van der Waals surface area contributed by atoms with E-state index in [0.29, 0.717) is 0 Å². The molecule has 0 aliphatic carbocycles. The molecular formula is C58H38N2O2. The fraction of sp³-hybridized carbons (Fsp3) is 0. The molecule has 0 unspecified atom stereocenters. The van der Waals surface area contributed by atoms with Gasteiger partial charge in [-0.05, 0) is 125 Å². The number of rotatable bonds is 8. The average Bonchev–Trinajstić information content (AvgIpc) is 3.90. The lowest BCUT2D eigenvalue weighted by molar-refractivity contribution is 0.668. The van der Waals surface area contributed by atoms with Gasteiger partial charge in [0, 0.05) is 55.4 Å². The fourth-order valence-corrected chi connectivity index (χ4v) is 9.11. The van der Waals surface area contributed by atoms with Crippen LogP contribution in [-0.4, -0.2) is 0 Å². The molecule has 0 saturated heterocycles. The zero-order valence-corrected chi connectivity index (χ0v) is 33.7. The van der Waals surface area contributed by atoms with Gasteiger partial charge in [0.15, 0.2) is 0 Å². The Labute approximate surface area is 358 Å². The number of anilines is 6. The third-order valence-corrected chi connectivity index (χ3v) is 12.0. The highest BCUT2D eigenvalue weighted by molar-refractivity contribution is 6.09. The summed E-state index contributed by atoms with van der Waals surface area (Å²) in [6.07, 6.45) is 0. The molecule has 292 valence electrons. The van der Waals surface area contributed by atoms with Crippen molar-refractivity contribution in [1.82, 2.24) is 0 Å². The fourth-order valence-electron chi connectivity index (χ4n) is 9.11. The molecule has 0 aliphatic heterocycles. The molecule has 62 heavy (non-hydrogen) atoms. The maximum Gasteiger partial charge on any atom is 0.136 e. The smallest absolute Gasteiger partial charge is 0.136 e. The minimum Gasteiger partial charge on any atom is -0.456 e. The molecule has 0 bridgehead atoms. The van der Waals surface area contributed by atoms with Crippen LogP contribution in [0.15, 0.2) is 239 Å². The Bertz CT molecular complexity index is 3570. The van der Waals surface area contributed by atoms with Gasteiger partial charge in [-0.25, -0.2) is 0 Å². The van der Waals surface area contributed by atoms with Gasteiger partial charge in [0.25, 0.3) is 0 Å². The summed E-state index contributed by atoms with van der Waals surface area (Å²) in [7, 11) is 0. The molecule has 0 amide bonds. The van der Waals surface area contributed by atoms with Crippen molar-refractivity contribution >= 4 is 88.8 Å². The van der Waals surface area contributed by atoms with Crippen LogP contribution >= 0.6 is 0 Å². The summed E-state index contributed by atoms with van der Waals surface area (Å²) in [6, 6.07) is 81.7. The first kappa shape index (κ1) is 35.6. The van der Waals surface area contributed by atoms with Gasteiger partial charge in [-0.15, -0.1) is 0 Å². The van der Waals surface area contributed by atoms with Crippen LogP contribution in [0.2, 0.25) is 0 Å². The largest absolute Gasteiger partial charge is 0.456 e. The van der Waals surface area contributed by atoms with Crippen molar-refractivity contribution in [2.75, 3.05) is 9.80 Å². The van der Waals surface area contributed by atoms with Crippen molar-refractivity contribution in [2.24, 2.45) is 0 Å². The van der Waals surface area contributed by atoms with E-state index in [1.807, 2.05) is 24.3 Å². The summed E-state index contributed by atoms with van der Waals surface area (Å²) in [5.74, 6) is 0. The predicted molar refractivity (Wildman–Crippen MR) is 259 cm³/mol. The lowest BCUT2D eigenvalue weighted by Gasteiger charge is -2.27. The third-order valence-electron chi connectivity index (χ3n) is 12.0. The highest BCUT2D eigenvalue weighted by atomic mass is 16.3. The lowest BCUT2D eigenvalue weighted by atomic mass is 9.92. The van der Waals surface area contributed by atoms with Crippen molar-refractivity contribution in [3.8, 4) is 22.3 Å². The second-order valence-corrected chi connectivity index (χ2v) is 15.7. The molecule has 0 saturated carbocycles. The lowest BCUT2D eigenvalue weighted by Crippen LogP contribution is -2.10. The Balaban J connectivity index is 0.981. The molecule has 0 spiro atoms. The van der Waals surface area contributed by atoms with Gasteiger partial charge >= 0.3 is 0 Å². The topological polar surface area (TPSA) is 32.8 Å². The molecule has 0 fully saturated rings. The van der Waals surface area contributed by atoms with E-state index in [0.717, 1.165) is 100 Å². The van der Waals surface area contributed by atoms with Crippen LogP contribution in [0.25, 0.3) is 76.9 Å². The number of benzene rings is 10. The Morgan fingerprint density at radius 2 is 0.710 bits per heavy atom. The molecule has 12 rings (SSSR count). The van der Waals surface area contributed by atoms with E-state index in [-0.39, 0.29) is 0 Å². The first-order valence-electron chi connectivity index (χ1n) is 21.0.